The van der Waals surface area contributed by atoms with Gasteiger partial charge in [0.05, 0.1) is 5.25 Å². The van der Waals surface area contributed by atoms with E-state index in [0.717, 1.165) is 12.8 Å². The summed E-state index contributed by atoms with van der Waals surface area (Å²) in [5.41, 5.74) is -0.196. The summed E-state index contributed by atoms with van der Waals surface area (Å²) in [6, 6.07) is 0.252. The molecular weight excluding hydrogens is 252 g/mol. The molecule has 1 atom stereocenters. The number of thioether (sulfide) groups is 1. The lowest BCUT2D eigenvalue weighted by Gasteiger charge is -2.10. The van der Waals surface area contributed by atoms with Gasteiger partial charge in [-0.15, -0.1) is 11.7 Å². The standard InChI is InChI=1S/C11H16N4O2S/c1-3-6-12-9(16)7(2)18-11-14-13-10(17)15(11)8-4-5-8/h3,7-8H,1,4-6H2,2H3,(H,12,16)(H,13,17). The summed E-state index contributed by atoms with van der Waals surface area (Å²) in [6.45, 7) is 5.78. The average molecular weight is 268 g/mol. The van der Waals surface area contributed by atoms with Crippen LogP contribution in [0.2, 0.25) is 0 Å². The van der Waals surface area contributed by atoms with Crippen LogP contribution >= 0.6 is 11.8 Å². The molecule has 18 heavy (non-hydrogen) atoms. The van der Waals surface area contributed by atoms with Gasteiger partial charge in [0.25, 0.3) is 0 Å². The Hall–Kier alpha value is -1.50. The molecule has 1 saturated carbocycles. The van der Waals surface area contributed by atoms with Crippen molar-refractivity contribution in [2.75, 3.05) is 6.54 Å². The maximum absolute atomic E-state index is 11.7. The molecular formula is C11H16N4O2S. The zero-order chi connectivity index (χ0) is 13.1. The minimum atomic E-state index is -0.294. The third-order valence-electron chi connectivity index (χ3n) is 2.66. The fourth-order valence-corrected chi connectivity index (χ4v) is 2.51. The lowest BCUT2D eigenvalue weighted by atomic mass is 10.4. The Morgan fingerprint density at radius 3 is 3.11 bits per heavy atom. The summed E-state index contributed by atoms with van der Waals surface area (Å²) in [5, 5.41) is 9.42. The van der Waals surface area contributed by atoms with Gasteiger partial charge in [-0.3, -0.25) is 9.36 Å². The first-order valence-electron chi connectivity index (χ1n) is 5.85. The van der Waals surface area contributed by atoms with Crippen LogP contribution in [0.5, 0.6) is 0 Å². The van der Waals surface area contributed by atoms with Gasteiger partial charge in [-0.2, -0.15) is 0 Å². The molecule has 2 rings (SSSR count). The molecule has 6 nitrogen and oxygen atoms in total. The van der Waals surface area contributed by atoms with Gasteiger partial charge < -0.3 is 5.32 Å². The molecule has 1 aliphatic carbocycles. The third-order valence-corrected chi connectivity index (χ3v) is 3.72. The van der Waals surface area contributed by atoms with Crippen molar-refractivity contribution in [3.63, 3.8) is 0 Å². The highest BCUT2D eigenvalue weighted by Crippen LogP contribution is 2.36. The highest BCUT2D eigenvalue weighted by molar-refractivity contribution is 8.00. The van der Waals surface area contributed by atoms with Crippen molar-refractivity contribution in [3.8, 4) is 0 Å². The quantitative estimate of drug-likeness (QED) is 0.587. The van der Waals surface area contributed by atoms with Crippen LogP contribution in [-0.4, -0.2) is 32.5 Å². The number of hydrogen-bond acceptors (Lipinski definition) is 4. The second-order valence-electron chi connectivity index (χ2n) is 4.21. The van der Waals surface area contributed by atoms with Gasteiger partial charge in [0.2, 0.25) is 5.91 Å². The Kier molecular flexibility index (Phi) is 3.90. The van der Waals surface area contributed by atoms with Crippen LogP contribution in [0.1, 0.15) is 25.8 Å². The second-order valence-corrected chi connectivity index (χ2v) is 5.51. The number of carbonyl (C=O) groups is 1. The van der Waals surface area contributed by atoms with E-state index in [1.807, 2.05) is 0 Å². The second kappa shape index (κ2) is 5.43. The first-order valence-corrected chi connectivity index (χ1v) is 6.73. The zero-order valence-corrected chi connectivity index (χ0v) is 11.0. The molecule has 0 saturated heterocycles. The number of aromatic amines is 1. The van der Waals surface area contributed by atoms with Crippen LogP contribution in [-0.2, 0) is 4.79 Å². The zero-order valence-electron chi connectivity index (χ0n) is 10.2. The lowest BCUT2D eigenvalue weighted by Crippen LogP contribution is -2.31. The lowest BCUT2D eigenvalue weighted by molar-refractivity contribution is -0.120. The third kappa shape index (κ3) is 2.84. The highest BCUT2D eigenvalue weighted by atomic mass is 32.2. The molecule has 7 heteroatoms. The van der Waals surface area contributed by atoms with Crippen LogP contribution in [0.25, 0.3) is 0 Å². The monoisotopic (exact) mass is 268 g/mol. The summed E-state index contributed by atoms with van der Waals surface area (Å²) >= 11 is 1.29. The number of amides is 1. The van der Waals surface area contributed by atoms with E-state index in [4.69, 9.17) is 0 Å². The molecule has 1 heterocycles. The van der Waals surface area contributed by atoms with Gasteiger partial charge in [0.1, 0.15) is 0 Å². The molecule has 1 aromatic heterocycles. The van der Waals surface area contributed by atoms with Crippen molar-refractivity contribution in [1.29, 1.82) is 0 Å². The normalized spacial score (nSPS) is 16.3. The SMILES string of the molecule is C=CCNC(=O)C(C)Sc1n[nH]c(=O)n1C1CC1. The van der Waals surface area contributed by atoms with Crippen LogP contribution in [0.4, 0.5) is 0 Å². The first kappa shape index (κ1) is 12.9. The van der Waals surface area contributed by atoms with E-state index < -0.39 is 0 Å². The molecule has 0 spiro atoms. The Labute approximate surface area is 109 Å². The Morgan fingerprint density at radius 2 is 2.50 bits per heavy atom. The molecule has 1 fully saturated rings. The van der Waals surface area contributed by atoms with Crippen LogP contribution in [0.3, 0.4) is 0 Å². The number of H-pyrrole nitrogens is 1. The van der Waals surface area contributed by atoms with Crippen molar-refractivity contribution in [2.45, 2.75) is 36.2 Å². The molecule has 1 aliphatic rings. The summed E-state index contributed by atoms with van der Waals surface area (Å²) < 4.78 is 1.64. The van der Waals surface area contributed by atoms with Gasteiger partial charge in [-0.05, 0) is 19.8 Å². The molecule has 0 aromatic carbocycles. The van der Waals surface area contributed by atoms with E-state index in [1.165, 1.54) is 11.8 Å². The molecule has 1 amide bonds. The van der Waals surface area contributed by atoms with Crippen molar-refractivity contribution < 1.29 is 4.79 Å². The van der Waals surface area contributed by atoms with Crippen molar-refractivity contribution >= 4 is 17.7 Å². The predicted octanol–water partition coefficient (Wildman–Crippen LogP) is 0.689. The molecule has 1 unspecified atom stereocenters. The van der Waals surface area contributed by atoms with Gasteiger partial charge in [-0.25, -0.2) is 9.89 Å². The number of nitrogens with zero attached hydrogens (tertiary/aromatic N) is 2. The number of carbonyl (C=O) groups excluding carboxylic acids is 1. The molecule has 98 valence electrons. The fraction of sp³-hybridized carbons (Fsp3) is 0.545. The van der Waals surface area contributed by atoms with Crippen LogP contribution in [0.15, 0.2) is 22.6 Å². The number of rotatable bonds is 6. The molecule has 0 aliphatic heterocycles. The van der Waals surface area contributed by atoms with E-state index in [9.17, 15) is 9.59 Å². The van der Waals surface area contributed by atoms with Crippen molar-refractivity contribution in [1.82, 2.24) is 20.1 Å². The van der Waals surface area contributed by atoms with Gasteiger partial charge in [0.15, 0.2) is 5.16 Å². The van der Waals surface area contributed by atoms with Crippen molar-refractivity contribution in [3.05, 3.63) is 23.1 Å². The Balaban J connectivity index is 2.02. The highest BCUT2D eigenvalue weighted by Gasteiger charge is 2.29. The summed E-state index contributed by atoms with van der Waals surface area (Å²) in [4.78, 5) is 23.3. The van der Waals surface area contributed by atoms with E-state index >= 15 is 0 Å². The van der Waals surface area contributed by atoms with E-state index in [2.05, 4.69) is 22.1 Å². The van der Waals surface area contributed by atoms with E-state index in [1.54, 1.807) is 17.6 Å². The number of hydrogen-bond donors (Lipinski definition) is 2. The van der Waals surface area contributed by atoms with Gasteiger partial charge >= 0.3 is 5.69 Å². The Morgan fingerprint density at radius 1 is 1.78 bits per heavy atom. The first-order chi connectivity index (χ1) is 8.63. The summed E-state index contributed by atoms with van der Waals surface area (Å²) in [7, 11) is 0. The van der Waals surface area contributed by atoms with Crippen molar-refractivity contribution in [2.24, 2.45) is 0 Å². The maximum atomic E-state index is 11.7. The molecule has 0 bridgehead atoms. The predicted molar refractivity (Wildman–Crippen MR) is 69.6 cm³/mol. The minimum Gasteiger partial charge on any atom is -0.352 e. The molecule has 0 radical (unpaired) electrons. The molecule has 1 aromatic rings. The topological polar surface area (TPSA) is 79.8 Å². The average Bonchev–Trinajstić information content (AvgIpc) is 3.12. The number of nitrogens with one attached hydrogen (secondary N) is 2. The van der Waals surface area contributed by atoms with Gasteiger partial charge in [0, 0.05) is 12.6 Å². The van der Waals surface area contributed by atoms with Crippen LogP contribution < -0.4 is 11.0 Å². The van der Waals surface area contributed by atoms with Gasteiger partial charge in [-0.1, -0.05) is 17.8 Å². The van der Waals surface area contributed by atoms with E-state index in [-0.39, 0.29) is 22.9 Å². The molecule has 2 N–H and O–H groups in total. The smallest absolute Gasteiger partial charge is 0.344 e. The maximum Gasteiger partial charge on any atom is 0.344 e. The van der Waals surface area contributed by atoms with E-state index in [0.29, 0.717) is 11.7 Å². The number of aromatic nitrogens is 3. The minimum absolute atomic E-state index is 0.0855. The summed E-state index contributed by atoms with van der Waals surface area (Å²) in [5.74, 6) is -0.0855. The fourth-order valence-electron chi connectivity index (χ4n) is 1.56. The van der Waals surface area contributed by atoms with Crippen LogP contribution in [0, 0.1) is 0 Å². The Bertz CT molecular complexity index is 503. The summed E-state index contributed by atoms with van der Waals surface area (Å²) in [6.07, 6.45) is 3.64. The largest absolute Gasteiger partial charge is 0.352 e.